The second-order valence-electron chi connectivity index (χ2n) is 5.74. The summed E-state index contributed by atoms with van der Waals surface area (Å²) >= 11 is 0. The van der Waals surface area contributed by atoms with E-state index in [4.69, 9.17) is 18.9 Å². The minimum atomic E-state index is -1.09. The summed E-state index contributed by atoms with van der Waals surface area (Å²) < 4.78 is 34.5. The molecule has 0 aliphatic carbocycles. The fourth-order valence-corrected chi connectivity index (χ4v) is 2.44. The Balaban J connectivity index is 1.62. The lowest BCUT2D eigenvalue weighted by Gasteiger charge is -2.19. The number of carbonyl (C=O) groups is 2. The molecular weight excluding hydrogens is 357 g/mol. The molecule has 0 saturated carbocycles. The monoisotopic (exact) mass is 375 g/mol. The zero-order valence-electron chi connectivity index (χ0n) is 14.8. The van der Waals surface area contributed by atoms with Crippen LogP contribution in [0.15, 0.2) is 36.4 Å². The number of nitrogens with one attached hydrogen (secondary N) is 1. The summed E-state index contributed by atoms with van der Waals surface area (Å²) in [5, 5.41) is 2.63. The highest BCUT2D eigenvalue weighted by atomic mass is 19.1. The van der Waals surface area contributed by atoms with E-state index in [-0.39, 0.29) is 11.3 Å². The van der Waals surface area contributed by atoms with Crippen LogP contribution in [0.3, 0.4) is 0 Å². The molecule has 0 saturated heterocycles. The van der Waals surface area contributed by atoms with E-state index < -0.39 is 23.8 Å². The van der Waals surface area contributed by atoms with E-state index in [1.807, 2.05) is 0 Å². The third-order valence-corrected chi connectivity index (χ3v) is 3.85. The van der Waals surface area contributed by atoms with Gasteiger partial charge in [0.15, 0.2) is 29.2 Å². The predicted molar refractivity (Wildman–Crippen MR) is 93.9 cm³/mol. The van der Waals surface area contributed by atoms with Gasteiger partial charge in [0.25, 0.3) is 5.91 Å². The van der Waals surface area contributed by atoms with E-state index in [0.717, 1.165) is 6.07 Å². The van der Waals surface area contributed by atoms with Crippen LogP contribution in [0, 0.1) is 5.82 Å². The normalized spacial score (nSPS) is 13.4. The smallest absolute Gasteiger partial charge is 0.339 e. The number of anilines is 1. The number of amides is 1. The van der Waals surface area contributed by atoms with Crippen LogP contribution in [-0.2, 0) is 9.53 Å². The van der Waals surface area contributed by atoms with E-state index in [9.17, 15) is 14.0 Å². The van der Waals surface area contributed by atoms with Crippen LogP contribution >= 0.6 is 0 Å². The molecule has 0 radical (unpaired) electrons. The van der Waals surface area contributed by atoms with Crippen molar-refractivity contribution in [2.45, 2.75) is 13.0 Å². The standard InChI is InChI=1S/C19H18FNO6/c1-11(27-19(23)12-3-5-15(24-2)14(20)9-12)18(22)21-13-4-6-16-17(10-13)26-8-7-25-16/h3-6,9-11H,7-8H2,1-2H3,(H,21,22)/t11-/m1/s1. The molecule has 1 aliphatic heterocycles. The van der Waals surface area contributed by atoms with E-state index in [0.29, 0.717) is 30.4 Å². The van der Waals surface area contributed by atoms with Crippen LogP contribution in [0.2, 0.25) is 0 Å². The van der Waals surface area contributed by atoms with E-state index in [1.54, 1.807) is 18.2 Å². The van der Waals surface area contributed by atoms with Crippen molar-refractivity contribution >= 4 is 17.6 Å². The molecule has 1 amide bonds. The van der Waals surface area contributed by atoms with E-state index in [1.165, 1.54) is 26.2 Å². The molecule has 0 bridgehead atoms. The number of ether oxygens (including phenoxy) is 4. The van der Waals surface area contributed by atoms with Crippen molar-refractivity contribution in [3.05, 3.63) is 47.8 Å². The summed E-state index contributed by atoms with van der Waals surface area (Å²) in [5.74, 6) is -0.913. The fraction of sp³-hybridized carbons (Fsp3) is 0.263. The first-order valence-electron chi connectivity index (χ1n) is 8.23. The zero-order chi connectivity index (χ0) is 19.4. The van der Waals surface area contributed by atoms with Crippen LogP contribution in [0.25, 0.3) is 0 Å². The number of hydrogen-bond acceptors (Lipinski definition) is 6. The first-order chi connectivity index (χ1) is 13.0. The predicted octanol–water partition coefficient (Wildman–Crippen LogP) is 2.79. The Morgan fingerprint density at radius 3 is 2.56 bits per heavy atom. The average Bonchev–Trinajstić information content (AvgIpc) is 2.67. The van der Waals surface area contributed by atoms with Crippen molar-refractivity contribution in [1.29, 1.82) is 0 Å². The highest BCUT2D eigenvalue weighted by molar-refractivity contribution is 5.97. The van der Waals surface area contributed by atoms with Crippen LogP contribution in [0.5, 0.6) is 17.2 Å². The lowest BCUT2D eigenvalue weighted by atomic mass is 10.2. The second-order valence-corrected chi connectivity index (χ2v) is 5.74. The quantitative estimate of drug-likeness (QED) is 0.809. The second kappa shape index (κ2) is 7.94. The van der Waals surface area contributed by atoms with Gasteiger partial charge >= 0.3 is 5.97 Å². The van der Waals surface area contributed by atoms with Gasteiger partial charge in [-0.05, 0) is 37.3 Å². The van der Waals surface area contributed by atoms with E-state index in [2.05, 4.69) is 5.32 Å². The molecule has 7 nitrogen and oxygen atoms in total. The molecule has 0 spiro atoms. The summed E-state index contributed by atoms with van der Waals surface area (Å²) in [7, 11) is 1.32. The van der Waals surface area contributed by atoms with Gasteiger partial charge in [-0.25, -0.2) is 9.18 Å². The number of halogens is 1. The topological polar surface area (TPSA) is 83.1 Å². The Bertz CT molecular complexity index is 869. The van der Waals surface area contributed by atoms with Crippen molar-refractivity contribution in [2.24, 2.45) is 0 Å². The van der Waals surface area contributed by atoms with Gasteiger partial charge in [-0.3, -0.25) is 4.79 Å². The lowest BCUT2D eigenvalue weighted by Crippen LogP contribution is -2.30. The molecule has 8 heteroatoms. The summed E-state index contributed by atoms with van der Waals surface area (Å²) in [6, 6.07) is 8.62. The van der Waals surface area contributed by atoms with Crippen molar-refractivity contribution in [1.82, 2.24) is 0 Å². The molecule has 0 fully saturated rings. The highest BCUT2D eigenvalue weighted by Gasteiger charge is 2.21. The van der Waals surface area contributed by atoms with Gasteiger partial charge in [-0.2, -0.15) is 0 Å². The molecule has 0 unspecified atom stereocenters. The Hall–Kier alpha value is -3.29. The Labute approximate surface area is 155 Å². The maximum Gasteiger partial charge on any atom is 0.339 e. The van der Waals surface area contributed by atoms with Crippen molar-refractivity contribution in [3.8, 4) is 17.2 Å². The minimum absolute atomic E-state index is 0.0101. The number of methoxy groups -OCH3 is 1. The summed E-state index contributed by atoms with van der Waals surface area (Å²) in [4.78, 5) is 24.4. The number of fused-ring (bicyclic) bond motifs is 1. The Morgan fingerprint density at radius 2 is 1.85 bits per heavy atom. The lowest BCUT2D eigenvalue weighted by molar-refractivity contribution is -0.123. The van der Waals surface area contributed by atoms with Crippen LogP contribution < -0.4 is 19.5 Å². The van der Waals surface area contributed by atoms with Gasteiger partial charge < -0.3 is 24.3 Å². The molecule has 1 aliphatic rings. The first-order valence-corrected chi connectivity index (χ1v) is 8.23. The van der Waals surface area contributed by atoms with Crippen molar-refractivity contribution in [3.63, 3.8) is 0 Å². The first kappa shape index (κ1) is 18.5. The van der Waals surface area contributed by atoms with Crippen LogP contribution in [0.1, 0.15) is 17.3 Å². The van der Waals surface area contributed by atoms with Gasteiger partial charge in [0.2, 0.25) is 0 Å². The van der Waals surface area contributed by atoms with Crippen molar-refractivity contribution in [2.75, 3.05) is 25.6 Å². The molecule has 1 N–H and O–H groups in total. The number of hydrogen-bond donors (Lipinski definition) is 1. The minimum Gasteiger partial charge on any atom is -0.494 e. The molecule has 2 aromatic rings. The molecule has 2 aromatic carbocycles. The summed E-state index contributed by atoms with van der Waals surface area (Å²) in [5.41, 5.74) is 0.454. The molecular formula is C19H18FNO6. The molecule has 142 valence electrons. The summed E-state index contributed by atoms with van der Waals surface area (Å²) in [6.45, 7) is 2.32. The average molecular weight is 375 g/mol. The molecule has 1 heterocycles. The van der Waals surface area contributed by atoms with E-state index >= 15 is 0 Å². The zero-order valence-corrected chi connectivity index (χ0v) is 14.8. The van der Waals surface area contributed by atoms with Crippen LogP contribution in [-0.4, -0.2) is 38.3 Å². The number of carbonyl (C=O) groups excluding carboxylic acids is 2. The summed E-state index contributed by atoms with van der Waals surface area (Å²) in [6.07, 6.45) is -1.09. The van der Waals surface area contributed by atoms with Gasteiger partial charge in [0, 0.05) is 11.8 Å². The maximum atomic E-state index is 13.7. The van der Waals surface area contributed by atoms with Gasteiger partial charge in [0.05, 0.1) is 12.7 Å². The molecule has 1 atom stereocenters. The fourth-order valence-electron chi connectivity index (χ4n) is 2.44. The molecule has 0 aromatic heterocycles. The van der Waals surface area contributed by atoms with Crippen LogP contribution in [0.4, 0.5) is 10.1 Å². The number of rotatable bonds is 5. The third-order valence-electron chi connectivity index (χ3n) is 3.85. The third kappa shape index (κ3) is 4.28. The number of esters is 1. The Morgan fingerprint density at radius 1 is 1.11 bits per heavy atom. The maximum absolute atomic E-state index is 13.7. The number of benzene rings is 2. The Kier molecular flexibility index (Phi) is 5.44. The largest absolute Gasteiger partial charge is 0.494 e. The van der Waals surface area contributed by atoms with Gasteiger partial charge in [-0.1, -0.05) is 0 Å². The highest BCUT2D eigenvalue weighted by Crippen LogP contribution is 2.32. The molecule has 3 rings (SSSR count). The van der Waals surface area contributed by atoms with Gasteiger partial charge in [0.1, 0.15) is 13.2 Å². The molecule has 27 heavy (non-hydrogen) atoms. The SMILES string of the molecule is COc1ccc(C(=O)O[C@H](C)C(=O)Nc2ccc3c(c2)OCCO3)cc1F. The van der Waals surface area contributed by atoms with Crippen molar-refractivity contribution < 1.29 is 32.9 Å². The van der Waals surface area contributed by atoms with Gasteiger partial charge in [-0.15, -0.1) is 0 Å².